The van der Waals surface area contributed by atoms with Gasteiger partial charge in [-0.3, -0.25) is 9.80 Å². The fraction of sp³-hybridized carbons (Fsp3) is 0.200. The highest BCUT2D eigenvalue weighted by Gasteiger charge is 2.38. The molecule has 0 spiro atoms. The lowest BCUT2D eigenvalue weighted by Gasteiger charge is -2.35. The molecule has 1 aromatic carbocycles. The van der Waals surface area contributed by atoms with Crippen molar-refractivity contribution in [3.05, 3.63) is 77.6 Å². The van der Waals surface area contributed by atoms with Crippen molar-refractivity contribution >= 4 is 11.7 Å². The predicted octanol–water partition coefficient (Wildman–Crippen LogP) is 2.94. The molecular formula is C20H18F3N5O2. The molecular weight excluding hydrogens is 399 g/mol. The minimum absolute atomic E-state index is 0.0702. The number of carbonyl (C=O) groups excluding carboxylic acids is 1. The van der Waals surface area contributed by atoms with Gasteiger partial charge in [-0.05, 0) is 23.8 Å². The third-order valence-corrected chi connectivity index (χ3v) is 4.70. The van der Waals surface area contributed by atoms with Crippen LogP contribution in [0.5, 0.6) is 5.88 Å². The van der Waals surface area contributed by atoms with Crippen molar-refractivity contribution in [2.45, 2.75) is 18.4 Å². The number of ether oxygens (including phenoxy) is 1. The summed E-state index contributed by atoms with van der Waals surface area (Å²) in [5, 5.41) is 7.15. The van der Waals surface area contributed by atoms with E-state index in [1.807, 2.05) is 0 Å². The Hall–Kier alpha value is -3.53. The number of alkyl halides is 3. The van der Waals surface area contributed by atoms with E-state index in [1.54, 1.807) is 36.4 Å². The van der Waals surface area contributed by atoms with Gasteiger partial charge < -0.3 is 15.4 Å². The Kier molecular flexibility index (Phi) is 5.08. The monoisotopic (exact) mass is 417 g/mol. The predicted molar refractivity (Wildman–Crippen MR) is 103 cm³/mol. The van der Waals surface area contributed by atoms with Crippen molar-refractivity contribution in [1.29, 1.82) is 0 Å². The molecule has 156 valence electrons. The molecule has 0 saturated carbocycles. The second-order valence-electron chi connectivity index (χ2n) is 6.61. The van der Waals surface area contributed by atoms with Crippen LogP contribution in [0, 0.1) is 0 Å². The topological polar surface area (TPSA) is 78.5 Å². The number of fused-ring (bicyclic) bond motifs is 1. The summed E-state index contributed by atoms with van der Waals surface area (Å²) >= 11 is 0. The van der Waals surface area contributed by atoms with E-state index in [9.17, 15) is 18.0 Å². The van der Waals surface area contributed by atoms with Gasteiger partial charge in [-0.25, -0.2) is 5.43 Å². The molecule has 30 heavy (non-hydrogen) atoms. The number of hydrogen-bond acceptors (Lipinski definition) is 6. The number of benzene rings is 1. The molecule has 1 amide bonds. The smallest absolute Gasteiger partial charge is 0.416 e. The van der Waals surface area contributed by atoms with Crippen molar-refractivity contribution in [3.63, 3.8) is 0 Å². The number of anilines is 1. The fourth-order valence-electron chi connectivity index (χ4n) is 3.31. The molecule has 0 saturated heterocycles. The van der Waals surface area contributed by atoms with E-state index in [0.717, 1.165) is 6.07 Å². The largest absolute Gasteiger partial charge is 0.481 e. The van der Waals surface area contributed by atoms with Gasteiger partial charge in [0.05, 0.1) is 18.7 Å². The van der Waals surface area contributed by atoms with E-state index in [-0.39, 0.29) is 17.1 Å². The van der Waals surface area contributed by atoms with Crippen LogP contribution in [0.3, 0.4) is 0 Å². The van der Waals surface area contributed by atoms with Crippen LogP contribution in [-0.4, -0.2) is 29.2 Å². The Morgan fingerprint density at radius 2 is 1.97 bits per heavy atom. The maximum absolute atomic E-state index is 13.4. The highest BCUT2D eigenvalue weighted by atomic mass is 19.4. The number of rotatable bonds is 4. The summed E-state index contributed by atoms with van der Waals surface area (Å²) in [6, 6.07) is 9.51. The first-order chi connectivity index (χ1) is 14.4. The summed E-state index contributed by atoms with van der Waals surface area (Å²) < 4.78 is 45.3. The maximum Gasteiger partial charge on any atom is 0.416 e. The van der Waals surface area contributed by atoms with Gasteiger partial charge in [-0.1, -0.05) is 30.3 Å². The first-order valence-electron chi connectivity index (χ1n) is 9.05. The second kappa shape index (κ2) is 7.71. The fourth-order valence-corrected chi connectivity index (χ4v) is 3.31. The summed E-state index contributed by atoms with van der Waals surface area (Å²) in [6.45, 7) is 0. The van der Waals surface area contributed by atoms with Gasteiger partial charge in [0.15, 0.2) is 0 Å². The van der Waals surface area contributed by atoms with Crippen LogP contribution in [0.15, 0.2) is 66.5 Å². The van der Waals surface area contributed by atoms with Crippen molar-refractivity contribution < 1.29 is 22.7 Å². The lowest BCUT2D eigenvalue weighted by atomic mass is 9.99. The third-order valence-electron chi connectivity index (χ3n) is 4.70. The number of hydrogen-bond donors (Lipinski definition) is 3. The van der Waals surface area contributed by atoms with E-state index < -0.39 is 29.9 Å². The molecule has 0 bridgehead atoms. The van der Waals surface area contributed by atoms with Crippen molar-refractivity contribution in [3.8, 4) is 5.88 Å². The summed E-state index contributed by atoms with van der Waals surface area (Å²) in [7, 11) is 1.46. The molecule has 10 heteroatoms. The normalized spacial score (nSPS) is 20.3. The van der Waals surface area contributed by atoms with Gasteiger partial charge in [0, 0.05) is 12.3 Å². The SMILES string of the molecule is COc1cccc(NC(=O)C2=CNC3C=CC(c4ccccc4C(F)(F)F)NN23)n1. The third kappa shape index (κ3) is 3.81. The van der Waals surface area contributed by atoms with Gasteiger partial charge >= 0.3 is 6.18 Å². The van der Waals surface area contributed by atoms with E-state index in [2.05, 4.69) is 21.0 Å². The Bertz CT molecular complexity index is 1020. The van der Waals surface area contributed by atoms with Crippen molar-refractivity contribution in [2.24, 2.45) is 0 Å². The highest BCUT2D eigenvalue weighted by Crippen LogP contribution is 2.36. The molecule has 2 aliphatic heterocycles. The highest BCUT2D eigenvalue weighted by molar-refractivity contribution is 6.03. The maximum atomic E-state index is 13.4. The minimum Gasteiger partial charge on any atom is -0.481 e. The van der Waals surface area contributed by atoms with Crippen LogP contribution < -0.4 is 20.8 Å². The summed E-state index contributed by atoms with van der Waals surface area (Å²) in [5.74, 6) is 0.152. The standard InChI is InChI=1S/C20H18F3N5O2/c1-30-18-8-4-7-16(25-18)26-19(29)15-11-24-17-10-9-14(27-28(15)17)12-5-2-3-6-13(12)20(21,22)23/h2-11,14,17,24,27H,1H3,(H,25,26,29). The first-order valence-corrected chi connectivity index (χ1v) is 9.05. The van der Waals surface area contributed by atoms with E-state index in [1.165, 1.54) is 30.5 Å². The molecule has 3 heterocycles. The van der Waals surface area contributed by atoms with Crippen LogP contribution >= 0.6 is 0 Å². The summed E-state index contributed by atoms with van der Waals surface area (Å²) in [6.07, 6.45) is -0.0553. The Morgan fingerprint density at radius 1 is 1.17 bits per heavy atom. The van der Waals surface area contributed by atoms with E-state index >= 15 is 0 Å². The molecule has 0 aliphatic carbocycles. The molecule has 2 aliphatic rings. The number of halogens is 3. The van der Waals surface area contributed by atoms with Crippen LogP contribution in [0.25, 0.3) is 0 Å². The lowest BCUT2D eigenvalue weighted by molar-refractivity contribution is -0.138. The van der Waals surface area contributed by atoms with Gasteiger partial charge in [-0.2, -0.15) is 18.2 Å². The number of carbonyl (C=O) groups is 1. The molecule has 0 radical (unpaired) electrons. The van der Waals surface area contributed by atoms with E-state index in [4.69, 9.17) is 4.74 Å². The number of pyridine rings is 1. The molecule has 2 atom stereocenters. The Balaban J connectivity index is 1.54. The van der Waals surface area contributed by atoms with Crippen LogP contribution in [-0.2, 0) is 11.0 Å². The van der Waals surface area contributed by atoms with Crippen molar-refractivity contribution in [2.75, 3.05) is 12.4 Å². The average molecular weight is 417 g/mol. The number of amides is 1. The van der Waals surface area contributed by atoms with Crippen LogP contribution in [0.4, 0.5) is 19.0 Å². The van der Waals surface area contributed by atoms with E-state index in [0.29, 0.717) is 5.88 Å². The van der Waals surface area contributed by atoms with Crippen LogP contribution in [0.1, 0.15) is 17.2 Å². The van der Waals surface area contributed by atoms with Gasteiger partial charge in [-0.15, -0.1) is 0 Å². The molecule has 1 aromatic heterocycles. The molecule has 2 unspecified atom stereocenters. The molecule has 3 N–H and O–H groups in total. The zero-order chi connectivity index (χ0) is 21.3. The zero-order valence-electron chi connectivity index (χ0n) is 15.8. The van der Waals surface area contributed by atoms with Crippen LogP contribution in [0.2, 0.25) is 0 Å². The summed E-state index contributed by atoms with van der Waals surface area (Å²) in [4.78, 5) is 16.9. The van der Waals surface area contributed by atoms with Gasteiger partial charge in [0.25, 0.3) is 5.91 Å². The Morgan fingerprint density at radius 3 is 2.73 bits per heavy atom. The first kappa shape index (κ1) is 19.8. The lowest BCUT2D eigenvalue weighted by Crippen LogP contribution is -2.50. The molecule has 4 rings (SSSR count). The number of nitrogens with one attached hydrogen (secondary N) is 3. The minimum atomic E-state index is -4.49. The molecule has 2 aromatic rings. The van der Waals surface area contributed by atoms with Gasteiger partial charge in [0.1, 0.15) is 17.7 Å². The second-order valence-corrected chi connectivity index (χ2v) is 6.61. The molecule has 0 fully saturated rings. The number of methoxy groups -OCH3 is 1. The van der Waals surface area contributed by atoms with Crippen molar-refractivity contribution in [1.82, 2.24) is 20.7 Å². The Labute approximate surface area is 170 Å². The quantitative estimate of drug-likeness (QED) is 0.664. The number of aromatic nitrogens is 1. The number of hydrazine groups is 1. The van der Waals surface area contributed by atoms with Gasteiger partial charge in [0.2, 0.25) is 5.88 Å². The zero-order valence-corrected chi connectivity index (χ0v) is 15.8. The average Bonchev–Trinajstić information content (AvgIpc) is 3.16. The molecule has 7 nitrogen and oxygen atoms in total. The summed E-state index contributed by atoms with van der Waals surface area (Å²) in [5.41, 5.74) is 2.55. The number of nitrogens with zero attached hydrogens (tertiary/aromatic N) is 2.